The second kappa shape index (κ2) is 4.12. The average Bonchev–Trinajstić information content (AvgIpc) is 3.00. The van der Waals surface area contributed by atoms with E-state index in [0.29, 0.717) is 0 Å². The summed E-state index contributed by atoms with van der Waals surface area (Å²) in [6.45, 7) is 2.39. The van der Waals surface area contributed by atoms with Crippen LogP contribution in [0, 0.1) is 11.8 Å². The summed E-state index contributed by atoms with van der Waals surface area (Å²) in [5.74, 6) is 1.80. The molecule has 2 heterocycles. The molecule has 98 valence electrons. The number of benzene rings is 1. The molecule has 3 nitrogen and oxygen atoms in total. The molecule has 2 aliphatic rings. The second-order valence-corrected chi connectivity index (χ2v) is 5.93. The summed E-state index contributed by atoms with van der Waals surface area (Å²) >= 11 is 0. The van der Waals surface area contributed by atoms with Gasteiger partial charge in [0.15, 0.2) is 0 Å². The molecule has 1 aliphatic heterocycles. The average molecular weight is 253 g/mol. The van der Waals surface area contributed by atoms with Crippen LogP contribution in [0.1, 0.15) is 19.3 Å². The van der Waals surface area contributed by atoms with Gasteiger partial charge in [0.1, 0.15) is 0 Å². The molecule has 0 radical (unpaired) electrons. The Labute approximate surface area is 113 Å². The molecule has 0 spiro atoms. The first-order valence-corrected chi connectivity index (χ1v) is 7.21. The molecule has 2 fully saturated rings. The van der Waals surface area contributed by atoms with Crippen molar-refractivity contribution in [2.24, 2.45) is 11.8 Å². The van der Waals surface area contributed by atoms with E-state index >= 15 is 0 Å². The lowest BCUT2D eigenvalue weighted by Gasteiger charge is -2.21. The molecule has 1 aromatic heterocycles. The summed E-state index contributed by atoms with van der Waals surface area (Å²) in [7, 11) is 0. The Kier molecular flexibility index (Phi) is 2.40. The minimum absolute atomic E-state index is 0.825. The second-order valence-electron chi connectivity index (χ2n) is 5.93. The largest absolute Gasteiger partial charge is 0.398 e. The minimum Gasteiger partial charge on any atom is -0.398 e. The quantitative estimate of drug-likeness (QED) is 0.794. The topological polar surface area (TPSA) is 42.1 Å². The Morgan fingerprint density at radius 1 is 1.11 bits per heavy atom. The van der Waals surface area contributed by atoms with E-state index < -0.39 is 0 Å². The molecule has 2 N–H and O–H groups in total. The summed E-state index contributed by atoms with van der Waals surface area (Å²) in [5, 5.41) is 1.08. The third-order valence-corrected chi connectivity index (χ3v) is 4.85. The number of fused-ring (bicyclic) bond motifs is 2. The van der Waals surface area contributed by atoms with Crippen molar-refractivity contribution in [3.8, 4) is 0 Å². The molecule has 2 aromatic rings. The van der Waals surface area contributed by atoms with Crippen LogP contribution in [0.4, 0.5) is 11.4 Å². The van der Waals surface area contributed by atoms with Gasteiger partial charge >= 0.3 is 0 Å². The van der Waals surface area contributed by atoms with Gasteiger partial charge in [-0.1, -0.05) is 6.42 Å². The lowest BCUT2D eigenvalue weighted by Crippen LogP contribution is -2.21. The third kappa shape index (κ3) is 1.68. The number of hydrogen-bond donors (Lipinski definition) is 1. The number of anilines is 2. The Balaban J connectivity index is 1.78. The fraction of sp³-hybridized carbons (Fsp3) is 0.438. The van der Waals surface area contributed by atoms with E-state index in [4.69, 9.17) is 5.73 Å². The molecule has 0 bridgehead atoms. The Morgan fingerprint density at radius 3 is 2.68 bits per heavy atom. The zero-order valence-corrected chi connectivity index (χ0v) is 11.0. The lowest BCUT2D eigenvalue weighted by molar-refractivity contribution is 0.494. The fourth-order valence-corrected chi connectivity index (χ4v) is 3.87. The van der Waals surface area contributed by atoms with Crippen LogP contribution in [-0.2, 0) is 0 Å². The van der Waals surface area contributed by atoms with Gasteiger partial charge in [-0.3, -0.25) is 4.98 Å². The van der Waals surface area contributed by atoms with Gasteiger partial charge in [-0.25, -0.2) is 0 Å². The van der Waals surface area contributed by atoms with Gasteiger partial charge in [-0.15, -0.1) is 0 Å². The predicted octanol–water partition coefficient (Wildman–Crippen LogP) is 3.05. The Hall–Kier alpha value is -1.77. The number of hydrogen-bond acceptors (Lipinski definition) is 3. The first-order chi connectivity index (χ1) is 9.33. The van der Waals surface area contributed by atoms with Crippen molar-refractivity contribution in [1.29, 1.82) is 0 Å². The highest BCUT2D eigenvalue weighted by Crippen LogP contribution is 2.41. The van der Waals surface area contributed by atoms with Crippen LogP contribution in [0.2, 0.25) is 0 Å². The van der Waals surface area contributed by atoms with Gasteiger partial charge in [0.05, 0.1) is 11.2 Å². The van der Waals surface area contributed by atoms with Crippen molar-refractivity contribution in [2.45, 2.75) is 19.3 Å². The molecular formula is C16H19N3. The van der Waals surface area contributed by atoms with Crippen LogP contribution in [0.5, 0.6) is 0 Å². The highest BCUT2D eigenvalue weighted by molar-refractivity contribution is 5.98. The third-order valence-electron chi connectivity index (χ3n) is 4.85. The maximum absolute atomic E-state index is 6.06. The Bertz CT molecular complexity index is 610. The molecule has 2 unspecified atom stereocenters. The van der Waals surface area contributed by atoms with Crippen LogP contribution in [-0.4, -0.2) is 18.1 Å². The molecule has 19 heavy (non-hydrogen) atoms. The summed E-state index contributed by atoms with van der Waals surface area (Å²) < 4.78 is 0. The smallest absolute Gasteiger partial charge is 0.0955 e. The number of rotatable bonds is 1. The summed E-state index contributed by atoms with van der Waals surface area (Å²) in [6.07, 6.45) is 6.09. The van der Waals surface area contributed by atoms with Crippen molar-refractivity contribution in [2.75, 3.05) is 23.7 Å². The number of aromatic nitrogens is 1. The molecule has 0 amide bonds. The zero-order valence-electron chi connectivity index (χ0n) is 11.0. The number of nitrogen functional groups attached to an aromatic ring is 1. The zero-order chi connectivity index (χ0) is 12.8. The van der Waals surface area contributed by atoms with Crippen molar-refractivity contribution in [3.63, 3.8) is 0 Å². The van der Waals surface area contributed by atoms with E-state index in [1.54, 1.807) is 0 Å². The molecule has 1 aromatic carbocycles. The van der Waals surface area contributed by atoms with E-state index in [2.05, 4.69) is 22.0 Å². The van der Waals surface area contributed by atoms with Crippen molar-refractivity contribution < 1.29 is 0 Å². The molecule has 2 atom stereocenters. The van der Waals surface area contributed by atoms with Crippen LogP contribution in [0.3, 0.4) is 0 Å². The first-order valence-electron chi connectivity index (χ1n) is 7.21. The van der Waals surface area contributed by atoms with Crippen LogP contribution in [0.15, 0.2) is 30.5 Å². The van der Waals surface area contributed by atoms with E-state index in [-0.39, 0.29) is 0 Å². The maximum atomic E-state index is 6.06. The predicted molar refractivity (Wildman–Crippen MR) is 79.2 cm³/mol. The van der Waals surface area contributed by atoms with Crippen LogP contribution >= 0.6 is 0 Å². The monoisotopic (exact) mass is 253 g/mol. The van der Waals surface area contributed by atoms with Gasteiger partial charge in [-0.2, -0.15) is 0 Å². The summed E-state index contributed by atoms with van der Waals surface area (Å²) in [6, 6.07) is 8.19. The van der Waals surface area contributed by atoms with Crippen molar-refractivity contribution in [1.82, 2.24) is 4.98 Å². The molecule has 4 rings (SSSR count). The molecule has 1 saturated heterocycles. The van der Waals surface area contributed by atoms with Gasteiger partial charge in [0.2, 0.25) is 0 Å². The molecule has 3 heteroatoms. The van der Waals surface area contributed by atoms with Gasteiger partial charge in [0, 0.05) is 30.4 Å². The number of pyridine rings is 1. The van der Waals surface area contributed by atoms with Crippen LogP contribution < -0.4 is 10.6 Å². The molecule has 1 saturated carbocycles. The van der Waals surface area contributed by atoms with Gasteiger partial charge < -0.3 is 10.6 Å². The Morgan fingerprint density at radius 2 is 1.89 bits per heavy atom. The highest BCUT2D eigenvalue weighted by Gasteiger charge is 2.36. The number of nitrogens with two attached hydrogens (primary N) is 1. The molecule has 1 aliphatic carbocycles. The van der Waals surface area contributed by atoms with Crippen LogP contribution in [0.25, 0.3) is 10.9 Å². The van der Waals surface area contributed by atoms with Gasteiger partial charge in [0.25, 0.3) is 0 Å². The number of nitrogens with zero attached hydrogens (tertiary/aromatic N) is 2. The summed E-state index contributed by atoms with van der Waals surface area (Å²) in [5.41, 5.74) is 9.20. The normalized spacial score (nSPS) is 26.0. The maximum Gasteiger partial charge on any atom is 0.0955 e. The van der Waals surface area contributed by atoms with Gasteiger partial charge in [-0.05, 0) is 48.9 Å². The standard InChI is InChI=1S/C16H19N3/c17-14-6-7-15(16-13(14)5-2-8-18-16)19-9-11-3-1-4-12(11)10-19/h2,5-8,11-12H,1,3-4,9-10,17H2. The highest BCUT2D eigenvalue weighted by atomic mass is 15.2. The van der Waals surface area contributed by atoms with E-state index in [1.807, 2.05) is 18.3 Å². The SMILES string of the molecule is Nc1ccc(N2CC3CCCC3C2)c2ncccc12. The fourth-order valence-electron chi connectivity index (χ4n) is 3.87. The minimum atomic E-state index is 0.825. The molecular weight excluding hydrogens is 234 g/mol. The van der Waals surface area contributed by atoms with E-state index in [1.165, 1.54) is 38.0 Å². The van der Waals surface area contributed by atoms with Crippen molar-refractivity contribution in [3.05, 3.63) is 30.5 Å². The van der Waals surface area contributed by atoms with E-state index in [0.717, 1.165) is 28.4 Å². The summed E-state index contributed by atoms with van der Waals surface area (Å²) in [4.78, 5) is 7.08. The van der Waals surface area contributed by atoms with E-state index in [9.17, 15) is 0 Å². The van der Waals surface area contributed by atoms with Crippen molar-refractivity contribution >= 4 is 22.3 Å². The lowest BCUT2D eigenvalue weighted by atomic mass is 10.0. The first kappa shape index (κ1) is 11.1.